The topological polar surface area (TPSA) is 98.5 Å². The summed E-state index contributed by atoms with van der Waals surface area (Å²) in [5.74, 6) is -1.47. The van der Waals surface area contributed by atoms with E-state index in [0.29, 0.717) is 15.6 Å². The normalized spacial score (nSPS) is 14.6. The summed E-state index contributed by atoms with van der Waals surface area (Å²) < 4.78 is 88.6. The summed E-state index contributed by atoms with van der Waals surface area (Å²) in [5, 5.41) is 0. The van der Waals surface area contributed by atoms with Crippen molar-refractivity contribution in [3.8, 4) is 17.3 Å². The average Bonchev–Trinajstić information content (AvgIpc) is 3.14. The van der Waals surface area contributed by atoms with E-state index in [1.165, 1.54) is 0 Å². The number of nitrogens with one attached hydrogen (secondary N) is 1. The van der Waals surface area contributed by atoms with Gasteiger partial charge in [0.2, 0.25) is 5.89 Å². The van der Waals surface area contributed by atoms with Gasteiger partial charge in [-0.05, 0) is 50.6 Å². The molecular weight excluding hydrogens is 561 g/mol. The van der Waals surface area contributed by atoms with E-state index >= 15 is 0 Å². The lowest BCUT2D eigenvalue weighted by molar-refractivity contribution is -0.0501. The molecule has 0 fully saturated rings. The van der Waals surface area contributed by atoms with Crippen LogP contribution in [0.1, 0.15) is 38.1 Å². The third-order valence-corrected chi connectivity index (χ3v) is 7.40. The Bertz CT molecular complexity index is 1270. The fourth-order valence-corrected chi connectivity index (χ4v) is 4.12. The molecule has 0 aliphatic heterocycles. The van der Waals surface area contributed by atoms with Gasteiger partial charge in [0, 0.05) is 10.0 Å². The van der Waals surface area contributed by atoms with E-state index in [2.05, 4.69) is 29.8 Å². The Balaban J connectivity index is 2.20. The molecule has 0 bridgehead atoms. The predicted octanol–water partition coefficient (Wildman–Crippen LogP) is 5.47. The second-order valence-electron chi connectivity index (χ2n) is 8.02. The highest BCUT2D eigenvalue weighted by Gasteiger charge is 2.50. The van der Waals surface area contributed by atoms with Gasteiger partial charge in [0.1, 0.15) is 6.04 Å². The van der Waals surface area contributed by atoms with Crippen LogP contribution >= 0.6 is 15.9 Å². The van der Waals surface area contributed by atoms with Gasteiger partial charge in [0.05, 0.1) is 15.7 Å². The van der Waals surface area contributed by atoms with Gasteiger partial charge in [-0.3, -0.25) is 0 Å². The van der Waals surface area contributed by atoms with Crippen LogP contribution in [-0.2, 0) is 21.1 Å². The highest BCUT2D eigenvalue weighted by molar-refractivity contribution is 9.10. The Morgan fingerprint density at radius 1 is 1.06 bits per heavy atom. The molecule has 3 rings (SSSR count). The number of hydrogen-bond acceptors (Lipinski definition) is 6. The van der Waals surface area contributed by atoms with Gasteiger partial charge in [-0.15, -0.1) is 0 Å². The van der Waals surface area contributed by atoms with Crippen LogP contribution in [0.25, 0.3) is 11.5 Å². The number of benzene rings is 2. The van der Waals surface area contributed by atoms with Gasteiger partial charge in [0.25, 0.3) is 5.88 Å². The molecular formula is C21H20BrF3N2O5S2. The Morgan fingerprint density at radius 2 is 1.65 bits per heavy atom. The monoisotopic (exact) mass is 580 g/mol. The molecule has 1 heterocycles. The minimum absolute atomic E-state index is 0.173. The van der Waals surface area contributed by atoms with Crippen LogP contribution in [0.5, 0.6) is 5.88 Å². The Labute approximate surface area is 205 Å². The second kappa shape index (κ2) is 9.80. The smallest absolute Gasteiger partial charge is 0.435 e. The summed E-state index contributed by atoms with van der Waals surface area (Å²) in [6, 6.07) is 13.5. The maximum absolute atomic E-state index is 13.1. The van der Waals surface area contributed by atoms with Gasteiger partial charge in [0.15, 0.2) is 5.76 Å². The summed E-state index contributed by atoms with van der Waals surface area (Å²) in [4.78, 5) is 3.90. The molecule has 0 aliphatic carbocycles. The number of nitrogens with zero attached hydrogens (tertiary/aromatic N) is 1. The first-order valence-electron chi connectivity index (χ1n) is 9.69. The first kappa shape index (κ1) is 26.4. The maximum atomic E-state index is 13.1. The molecule has 184 valence electrons. The molecule has 0 aliphatic rings. The van der Waals surface area contributed by atoms with Crippen LogP contribution in [0.2, 0.25) is 0 Å². The van der Waals surface area contributed by atoms with E-state index in [1.807, 2.05) is 0 Å². The molecule has 0 saturated carbocycles. The number of aromatic nitrogens is 1. The SMILES string of the molecule is CC(C)(C)[S@](=O)N[C@H](c1ccc(Br)cc1)c1oc(-c2ccccc2)nc1OS(=O)(=O)C(F)(F)F. The quantitative estimate of drug-likeness (QED) is 0.294. The lowest BCUT2D eigenvalue weighted by Crippen LogP contribution is -2.36. The van der Waals surface area contributed by atoms with Gasteiger partial charge in [-0.2, -0.15) is 26.6 Å². The van der Waals surface area contributed by atoms with E-state index in [4.69, 9.17) is 4.42 Å². The highest BCUT2D eigenvalue weighted by atomic mass is 79.9. The van der Waals surface area contributed by atoms with Crippen LogP contribution in [-0.4, -0.2) is 27.9 Å². The summed E-state index contributed by atoms with van der Waals surface area (Å²) in [6.07, 6.45) is 0. The summed E-state index contributed by atoms with van der Waals surface area (Å²) in [7, 11) is -7.79. The van der Waals surface area contributed by atoms with Crippen LogP contribution < -0.4 is 8.91 Å². The third-order valence-electron chi connectivity index (χ3n) is 4.36. The van der Waals surface area contributed by atoms with E-state index < -0.39 is 43.3 Å². The molecule has 1 N–H and O–H groups in total. The minimum atomic E-state index is -6.06. The molecule has 0 amide bonds. The van der Waals surface area contributed by atoms with Gasteiger partial charge < -0.3 is 8.60 Å². The first-order valence-corrected chi connectivity index (χ1v) is 13.0. The molecule has 2 atom stereocenters. The van der Waals surface area contributed by atoms with Crippen LogP contribution in [0.4, 0.5) is 13.2 Å². The molecule has 13 heteroatoms. The fraction of sp³-hybridized carbons (Fsp3) is 0.286. The lowest BCUT2D eigenvalue weighted by atomic mass is 10.1. The standard InChI is InChI=1S/C21H20BrF3N2O5S2/c1-20(2,3)33(28)27-16(13-9-11-15(22)12-10-13)17-19(32-34(29,30)21(23,24)25)26-18(31-17)14-7-5-4-6-8-14/h4-12,16,27H,1-3H3/t16-,33+/m1/s1. The van der Waals surface area contributed by atoms with E-state index in [1.54, 1.807) is 75.4 Å². The van der Waals surface area contributed by atoms with Crippen molar-refractivity contribution in [2.24, 2.45) is 0 Å². The molecule has 0 spiro atoms. The molecule has 0 radical (unpaired) electrons. The molecule has 7 nitrogen and oxygen atoms in total. The van der Waals surface area contributed by atoms with Gasteiger partial charge in [-0.1, -0.05) is 46.3 Å². The second-order valence-corrected chi connectivity index (χ2v) is 12.5. The largest absolute Gasteiger partial charge is 0.534 e. The third kappa shape index (κ3) is 6.06. The van der Waals surface area contributed by atoms with E-state index in [0.717, 1.165) is 0 Å². The van der Waals surface area contributed by atoms with Crippen molar-refractivity contribution in [3.05, 3.63) is 70.4 Å². The van der Waals surface area contributed by atoms with Crippen molar-refractivity contribution in [3.63, 3.8) is 0 Å². The van der Waals surface area contributed by atoms with Gasteiger partial charge in [-0.25, -0.2) is 8.93 Å². The van der Waals surface area contributed by atoms with Crippen molar-refractivity contribution in [1.82, 2.24) is 9.71 Å². The van der Waals surface area contributed by atoms with Crippen LogP contribution in [0.15, 0.2) is 63.5 Å². The van der Waals surface area contributed by atoms with Crippen molar-refractivity contribution < 1.29 is 34.4 Å². The van der Waals surface area contributed by atoms with Crippen LogP contribution in [0, 0.1) is 0 Å². The highest BCUT2D eigenvalue weighted by Crippen LogP contribution is 2.38. The minimum Gasteiger partial charge on any atom is -0.435 e. The van der Waals surface area contributed by atoms with Crippen molar-refractivity contribution in [2.45, 2.75) is 37.1 Å². The van der Waals surface area contributed by atoms with Gasteiger partial charge >= 0.3 is 15.6 Å². The Kier molecular flexibility index (Phi) is 7.60. The number of hydrogen-bond donors (Lipinski definition) is 1. The van der Waals surface area contributed by atoms with Crippen LogP contribution in [0.3, 0.4) is 0 Å². The van der Waals surface area contributed by atoms with Crippen molar-refractivity contribution in [1.29, 1.82) is 0 Å². The lowest BCUT2D eigenvalue weighted by Gasteiger charge is -2.23. The zero-order valence-corrected chi connectivity index (χ0v) is 21.3. The number of rotatable bonds is 7. The number of alkyl halides is 3. The first-order chi connectivity index (χ1) is 15.7. The summed E-state index contributed by atoms with van der Waals surface area (Å²) >= 11 is 3.30. The molecule has 0 unspecified atom stereocenters. The van der Waals surface area contributed by atoms with E-state index in [-0.39, 0.29) is 11.7 Å². The fourth-order valence-electron chi connectivity index (χ4n) is 2.63. The molecule has 2 aromatic carbocycles. The zero-order valence-electron chi connectivity index (χ0n) is 18.1. The molecule has 3 aromatic rings. The summed E-state index contributed by atoms with van der Waals surface area (Å²) in [6.45, 7) is 5.07. The van der Waals surface area contributed by atoms with Crippen molar-refractivity contribution >= 4 is 37.0 Å². The Hall–Kier alpha value is -2.22. The van der Waals surface area contributed by atoms with Crippen molar-refractivity contribution in [2.75, 3.05) is 0 Å². The summed E-state index contributed by atoms with van der Waals surface area (Å²) in [5.41, 5.74) is -4.90. The molecule has 34 heavy (non-hydrogen) atoms. The maximum Gasteiger partial charge on any atom is 0.534 e. The Morgan fingerprint density at radius 3 is 2.18 bits per heavy atom. The molecule has 0 saturated heterocycles. The predicted molar refractivity (Wildman–Crippen MR) is 125 cm³/mol. The molecule has 1 aromatic heterocycles. The zero-order chi connectivity index (χ0) is 25.3. The number of oxazole rings is 1. The number of halogens is 4. The van der Waals surface area contributed by atoms with E-state index in [9.17, 15) is 25.8 Å². The average molecular weight is 581 g/mol.